The Balaban J connectivity index is 2.14. The molecule has 4 heteroatoms. The highest BCUT2D eigenvalue weighted by atomic mass is 79.9. The van der Waals surface area contributed by atoms with Crippen LogP contribution in [0.5, 0.6) is 0 Å². The second-order valence-corrected chi connectivity index (χ2v) is 5.89. The van der Waals surface area contributed by atoms with Crippen LogP contribution in [-0.4, -0.2) is 9.55 Å². The van der Waals surface area contributed by atoms with Gasteiger partial charge in [0.15, 0.2) is 0 Å². The number of rotatable bonds is 0. The van der Waals surface area contributed by atoms with Crippen LogP contribution >= 0.6 is 15.9 Å². The second-order valence-electron chi connectivity index (χ2n) is 4.97. The zero-order chi connectivity index (χ0) is 11.6. The summed E-state index contributed by atoms with van der Waals surface area (Å²) in [5.41, 5.74) is 0.966. The third kappa shape index (κ3) is 1.22. The minimum absolute atomic E-state index is 0.143. The predicted molar refractivity (Wildman–Crippen MR) is 69.3 cm³/mol. The van der Waals surface area contributed by atoms with Crippen LogP contribution in [0.1, 0.15) is 37.0 Å². The largest absolute Gasteiger partial charge is 0.293 e. The van der Waals surface area contributed by atoms with Gasteiger partial charge in [0.05, 0.1) is 10.9 Å². The summed E-state index contributed by atoms with van der Waals surface area (Å²) < 4.78 is 2.91. The zero-order valence-electron chi connectivity index (χ0n) is 9.19. The Morgan fingerprint density at radius 2 is 2.24 bits per heavy atom. The molecule has 2 heterocycles. The van der Waals surface area contributed by atoms with Crippen molar-refractivity contribution in [3.8, 4) is 0 Å². The van der Waals surface area contributed by atoms with E-state index in [-0.39, 0.29) is 5.56 Å². The van der Waals surface area contributed by atoms with E-state index in [0.29, 0.717) is 12.0 Å². The number of hydrogen-bond acceptors (Lipinski definition) is 2. The Kier molecular flexibility index (Phi) is 1.85. The number of benzene rings is 1. The first-order valence-corrected chi connectivity index (χ1v) is 6.75. The molecule has 2 aliphatic rings. The topological polar surface area (TPSA) is 34.9 Å². The van der Waals surface area contributed by atoms with E-state index in [9.17, 15) is 4.79 Å². The minimum Gasteiger partial charge on any atom is -0.293 e. The van der Waals surface area contributed by atoms with Crippen molar-refractivity contribution in [2.75, 3.05) is 0 Å². The van der Waals surface area contributed by atoms with Crippen molar-refractivity contribution < 1.29 is 0 Å². The smallest absolute Gasteiger partial charge is 0.261 e. The molecule has 0 saturated heterocycles. The maximum absolute atomic E-state index is 12.4. The van der Waals surface area contributed by atoms with Gasteiger partial charge in [0.1, 0.15) is 5.82 Å². The molecule has 0 N–H and O–H groups in total. The van der Waals surface area contributed by atoms with Gasteiger partial charge in [0, 0.05) is 16.4 Å². The predicted octanol–water partition coefficient (Wildman–Crippen LogP) is 2.98. The fraction of sp³-hybridized carbons (Fsp3) is 0.385. The van der Waals surface area contributed by atoms with Crippen molar-refractivity contribution >= 4 is 26.8 Å². The summed E-state index contributed by atoms with van der Waals surface area (Å²) >= 11 is 3.43. The summed E-state index contributed by atoms with van der Waals surface area (Å²) in [7, 11) is 0. The first-order chi connectivity index (χ1) is 8.24. The van der Waals surface area contributed by atoms with Crippen LogP contribution in [0.4, 0.5) is 0 Å². The number of fused-ring (bicyclic) bond motifs is 6. The molecule has 1 aromatic heterocycles. The van der Waals surface area contributed by atoms with Gasteiger partial charge in [0.25, 0.3) is 5.56 Å². The summed E-state index contributed by atoms with van der Waals surface area (Å²) in [6.45, 7) is 0. The second kappa shape index (κ2) is 3.19. The number of nitrogens with zero attached hydrogens (tertiary/aromatic N) is 2. The molecule has 1 saturated carbocycles. The first-order valence-electron chi connectivity index (χ1n) is 5.96. The van der Waals surface area contributed by atoms with E-state index >= 15 is 0 Å². The maximum atomic E-state index is 12.4. The van der Waals surface area contributed by atoms with Crippen LogP contribution in [0.25, 0.3) is 10.9 Å². The highest BCUT2D eigenvalue weighted by molar-refractivity contribution is 9.10. The summed E-state index contributed by atoms with van der Waals surface area (Å²) in [4.78, 5) is 17.1. The average molecular weight is 291 g/mol. The molecular formula is C13H11BrN2O. The summed E-state index contributed by atoms with van der Waals surface area (Å²) in [6, 6.07) is 6.12. The van der Waals surface area contributed by atoms with Crippen LogP contribution in [-0.2, 0) is 0 Å². The van der Waals surface area contributed by atoms with Gasteiger partial charge >= 0.3 is 0 Å². The van der Waals surface area contributed by atoms with Crippen LogP contribution in [0.3, 0.4) is 0 Å². The van der Waals surface area contributed by atoms with E-state index in [1.807, 2.05) is 22.8 Å². The normalized spacial score (nSPS) is 25.5. The molecule has 1 fully saturated rings. The Morgan fingerprint density at radius 3 is 3.12 bits per heavy atom. The lowest BCUT2D eigenvalue weighted by atomic mass is 10.1. The van der Waals surface area contributed by atoms with E-state index in [4.69, 9.17) is 4.98 Å². The third-order valence-corrected chi connectivity index (χ3v) is 4.52. The van der Waals surface area contributed by atoms with Gasteiger partial charge in [-0.1, -0.05) is 15.9 Å². The zero-order valence-corrected chi connectivity index (χ0v) is 10.8. The number of aromatic nitrogens is 2. The van der Waals surface area contributed by atoms with E-state index in [0.717, 1.165) is 34.0 Å². The molecular weight excluding hydrogens is 280 g/mol. The quantitative estimate of drug-likeness (QED) is 0.748. The van der Waals surface area contributed by atoms with E-state index in [1.54, 1.807) is 0 Å². The van der Waals surface area contributed by atoms with Crippen LogP contribution in [0.2, 0.25) is 0 Å². The number of halogens is 1. The van der Waals surface area contributed by atoms with Crippen molar-refractivity contribution in [1.82, 2.24) is 9.55 Å². The molecule has 0 spiro atoms. The van der Waals surface area contributed by atoms with Gasteiger partial charge in [-0.05, 0) is 37.5 Å². The lowest BCUT2D eigenvalue weighted by molar-refractivity contribution is 0.504. The lowest BCUT2D eigenvalue weighted by Crippen LogP contribution is -2.26. The fourth-order valence-corrected chi connectivity index (χ4v) is 3.61. The van der Waals surface area contributed by atoms with Crippen molar-refractivity contribution in [3.63, 3.8) is 0 Å². The summed E-state index contributed by atoms with van der Waals surface area (Å²) in [5, 5.41) is 0.740. The molecule has 2 atom stereocenters. The van der Waals surface area contributed by atoms with Gasteiger partial charge in [0.2, 0.25) is 0 Å². The fourth-order valence-electron chi connectivity index (χ4n) is 3.26. The molecule has 1 aliphatic heterocycles. The average Bonchev–Trinajstić information content (AvgIpc) is 2.89. The highest BCUT2D eigenvalue weighted by Gasteiger charge is 2.39. The Labute approximate surface area is 107 Å². The van der Waals surface area contributed by atoms with Gasteiger partial charge in [-0.3, -0.25) is 9.36 Å². The summed E-state index contributed by atoms with van der Waals surface area (Å²) in [6.07, 6.45) is 3.44. The van der Waals surface area contributed by atoms with Crippen molar-refractivity contribution in [2.24, 2.45) is 0 Å². The van der Waals surface area contributed by atoms with Crippen molar-refractivity contribution in [2.45, 2.75) is 31.2 Å². The Bertz CT molecular complexity index is 692. The number of hydrogen-bond donors (Lipinski definition) is 0. The van der Waals surface area contributed by atoms with Crippen LogP contribution < -0.4 is 5.56 Å². The molecule has 2 aromatic rings. The van der Waals surface area contributed by atoms with E-state index in [1.165, 1.54) is 6.42 Å². The monoisotopic (exact) mass is 290 g/mol. The van der Waals surface area contributed by atoms with E-state index in [2.05, 4.69) is 15.9 Å². The van der Waals surface area contributed by atoms with Gasteiger partial charge in [-0.2, -0.15) is 0 Å². The Morgan fingerprint density at radius 1 is 1.35 bits per heavy atom. The molecule has 3 nitrogen and oxygen atoms in total. The van der Waals surface area contributed by atoms with Gasteiger partial charge in [-0.15, -0.1) is 0 Å². The molecule has 0 radical (unpaired) electrons. The molecule has 1 aromatic carbocycles. The molecule has 0 amide bonds. The lowest BCUT2D eigenvalue weighted by Gasteiger charge is -2.17. The van der Waals surface area contributed by atoms with Crippen molar-refractivity contribution in [3.05, 3.63) is 38.9 Å². The highest BCUT2D eigenvalue weighted by Crippen LogP contribution is 2.46. The van der Waals surface area contributed by atoms with Gasteiger partial charge in [-0.25, -0.2) is 4.98 Å². The molecule has 4 rings (SSSR count). The van der Waals surface area contributed by atoms with E-state index < -0.39 is 0 Å². The standard InChI is InChI=1S/C13H11BrN2O/c14-8-2-4-10-11(6-8)15-12-7-1-3-9(5-7)16(12)13(10)17/h2,4,6-7,9H,1,3,5H2. The van der Waals surface area contributed by atoms with Gasteiger partial charge < -0.3 is 0 Å². The molecule has 17 heavy (non-hydrogen) atoms. The Hall–Kier alpha value is -1.16. The SMILES string of the molecule is O=c1c2ccc(Br)cc2nc2n1C1CCC2C1. The van der Waals surface area contributed by atoms with Crippen LogP contribution in [0, 0.1) is 0 Å². The molecule has 2 bridgehead atoms. The van der Waals surface area contributed by atoms with Crippen molar-refractivity contribution in [1.29, 1.82) is 0 Å². The minimum atomic E-state index is 0.143. The maximum Gasteiger partial charge on any atom is 0.261 e. The third-order valence-electron chi connectivity index (χ3n) is 4.03. The molecule has 86 valence electrons. The molecule has 1 aliphatic carbocycles. The molecule has 2 unspecified atom stereocenters. The first kappa shape index (κ1) is 9.83. The summed E-state index contributed by atoms with van der Waals surface area (Å²) in [5.74, 6) is 1.52. The van der Waals surface area contributed by atoms with Crippen LogP contribution in [0.15, 0.2) is 27.5 Å².